The van der Waals surface area contributed by atoms with Crippen molar-refractivity contribution in [2.75, 3.05) is 13.2 Å². The van der Waals surface area contributed by atoms with Gasteiger partial charge in [0.1, 0.15) is 11.7 Å². The fourth-order valence-electron chi connectivity index (χ4n) is 2.35. The Hall–Kier alpha value is -0.600. The molecule has 0 amide bonds. The average molecular weight is 366 g/mol. The number of ether oxygens (including phenoxy) is 2. The van der Waals surface area contributed by atoms with Gasteiger partial charge in [0.15, 0.2) is 6.29 Å². The van der Waals surface area contributed by atoms with E-state index in [1.54, 1.807) is 24.3 Å². The van der Waals surface area contributed by atoms with E-state index >= 15 is 0 Å². The van der Waals surface area contributed by atoms with Gasteiger partial charge in [-0.25, -0.2) is 9.13 Å². The zero-order valence-corrected chi connectivity index (χ0v) is 13.9. The van der Waals surface area contributed by atoms with Gasteiger partial charge in [-0.05, 0) is 6.92 Å². The minimum Gasteiger partial charge on any atom is -0.345 e. The van der Waals surface area contributed by atoms with E-state index in [0.29, 0.717) is 0 Å². The molecule has 0 radical (unpaired) electrons. The standard InChI is InChI=1S/C12H16O9P2/c1-12-8-17-11(9-5-3-2-4-6-9)19-10(12)7-18-22(13,14)21-23(15,16)20-12/h2-6,10-11H,7-8H2,1H3,(H,13,14)(H,15,16)/t10-,11+,12+/m1/s1. The zero-order chi connectivity index (χ0) is 16.7. The van der Waals surface area contributed by atoms with Crippen LogP contribution in [0.5, 0.6) is 0 Å². The topological polar surface area (TPSA) is 121 Å². The molecule has 0 saturated carbocycles. The van der Waals surface area contributed by atoms with E-state index in [1.807, 2.05) is 6.07 Å². The summed E-state index contributed by atoms with van der Waals surface area (Å²) in [6.45, 7) is 1.02. The number of benzene rings is 1. The molecular weight excluding hydrogens is 350 g/mol. The van der Waals surface area contributed by atoms with Gasteiger partial charge in [-0.2, -0.15) is 4.31 Å². The first-order valence-electron chi connectivity index (χ1n) is 6.73. The highest BCUT2D eigenvalue weighted by Gasteiger charge is 2.52. The molecule has 11 heteroatoms. The molecule has 2 heterocycles. The van der Waals surface area contributed by atoms with Crippen molar-refractivity contribution in [2.24, 2.45) is 0 Å². The Kier molecular flexibility index (Phi) is 4.52. The molecule has 0 bridgehead atoms. The summed E-state index contributed by atoms with van der Waals surface area (Å²) in [6, 6.07) is 9.01. The van der Waals surface area contributed by atoms with Gasteiger partial charge in [0.2, 0.25) is 0 Å². The second kappa shape index (κ2) is 6.04. The molecule has 2 aliphatic rings. The molecule has 2 aliphatic heterocycles. The molecule has 128 valence electrons. The lowest BCUT2D eigenvalue weighted by molar-refractivity contribution is -0.290. The maximum Gasteiger partial charge on any atom is 0.481 e. The van der Waals surface area contributed by atoms with Crippen molar-refractivity contribution in [2.45, 2.75) is 24.9 Å². The van der Waals surface area contributed by atoms with Gasteiger partial charge in [-0.1, -0.05) is 30.3 Å². The highest BCUT2D eigenvalue weighted by molar-refractivity contribution is 7.61. The molecule has 0 spiro atoms. The summed E-state index contributed by atoms with van der Waals surface area (Å²) in [5, 5.41) is 0. The molecule has 0 aromatic heterocycles. The normalized spacial score (nSPS) is 44.8. The number of phosphoric acid groups is 2. The third-order valence-corrected chi connectivity index (χ3v) is 6.26. The van der Waals surface area contributed by atoms with Crippen molar-refractivity contribution in [1.82, 2.24) is 0 Å². The van der Waals surface area contributed by atoms with E-state index in [2.05, 4.69) is 4.31 Å². The molecule has 2 fully saturated rings. The summed E-state index contributed by atoms with van der Waals surface area (Å²) in [4.78, 5) is 19.0. The number of hydrogen-bond donors (Lipinski definition) is 2. The molecule has 2 saturated heterocycles. The van der Waals surface area contributed by atoms with Crippen molar-refractivity contribution >= 4 is 15.6 Å². The molecule has 9 nitrogen and oxygen atoms in total. The van der Waals surface area contributed by atoms with E-state index < -0.39 is 33.6 Å². The van der Waals surface area contributed by atoms with E-state index in [1.165, 1.54) is 6.92 Å². The molecule has 1 aromatic carbocycles. The van der Waals surface area contributed by atoms with Crippen molar-refractivity contribution in [3.05, 3.63) is 35.9 Å². The van der Waals surface area contributed by atoms with Crippen LogP contribution in [0.2, 0.25) is 0 Å². The summed E-state index contributed by atoms with van der Waals surface area (Å²) in [5.41, 5.74) is -0.650. The van der Waals surface area contributed by atoms with Gasteiger partial charge in [-0.3, -0.25) is 9.05 Å². The second-order valence-electron chi connectivity index (χ2n) is 5.40. The molecule has 1 aromatic rings. The summed E-state index contributed by atoms with van der Waals surface area (Å²) in [5.74, 6) is 0. The Balaban J connectivity index is 1.85. The van der Waals surface area contributed by atoms with Gasteiger partial charge >= 0.3 is 15.6 Å². The average Bonchev–Trinajstić information content (AvgIpc) is 2.44. The van der Waals surface area contributed by atoms with Crippen molar-refractivity contribution < 1.29 is 41.7 Å². The van der Waals surface area contributed by atoms with Crippen LogP contribution in [-0.4, -0.2) is 34.7 Å². The summed E-state index contributed by atoms with van der Waals surface area (Å²) in [7, 11) is -9.55. The largest absolute Gasteiger partial charge is 0.481 e. The first kappa shape index (κ1) is 17.2. The molecule has 5 atom stereocenters. The maximum absolute atomic E-state index is 11.8. The Morgan fingerprint density at radius 1 is 1.17 bits per heavy atom. The van der Waals surface area contributed by atoms with E-state index in [9.17, 15) is 18.9 Å². The van der Waals surface area contributed by atoms with Crippen LogP contribution in [-0.2, 0) is 32.0 Å². The van der Waals surface area contributed by atoms with E-state index in [-0.39, 0.29) is 13.2 Å². The highest BCUT2D eigenvalue weighted by atomic mass is 31.3. The molecule has 0 aliphatic carbocycles. The SMILES string of the molecule is C[C@]12CO[C@H](c3ccccc3)O[C@@H]1COP(=O)(O)OP(=O)(O)O2. The summed E-state index contributed by atoms with van der Waals surface area (Å²) in [6.07, 6.45) is -1.66. The molecule has 23 heavy (non-hydrogen) atoms. The van der Waals surface area contributed by atoms with Crippen LogP contribution in [0.15, 0.2) is 30.3 Å². The van der Waals surface area contributed by atoms with Crippen LogP contribution in [0, 0.1) is 0 Å². The van der Waals surface area contributed by atoms with Crippen molar-refractivity contribution in [1.29, 1.82) is 0 Å². The van der Waals surface area contributed by atoms with Crippen LogP contribution in [0.1, 0.15) is 18.8 Å². The quantitative estimate of drug-likeness (QED) is 0.720. The van der Waals surface area contributed by atoms with Crippen LogP contribution < -0.4 is 0 Å². The monoisotopic (exact) mass is 366 g/mol. The van der Waals surface area contributed by atoms with E-state index in [4.69, 9.17) is 18.5 Å². The first-order chi connectivity index (χ1) is 10.7. The van der Waals surface area contributed by atoms with Crippen LogP contribution in [0.25, 0.3) is 0 Å². The van der Waals surface area contributed by atoms with Crippen LogP contribution in [0.3, 0.4) is 0 Å². The predicted molar refractivity (Wildman–Crippen MR) is 76.2 cm³/mol. The van der Waals surface area contributed by atoms with Gasteiger partial charge < -0.3 is 19.3 Å². The molecule has 3 rings (SSSR count). The smallest absolute Gasteiger partial charge is 0.345 e. The summed E-state index contributed by atoms with van der Waals surface area (Å²) >= 11 is 0. The number of hydrogen-bond acceptors (Lipinski definition) is 7. The molecular formula is C12H16O9P2. The lowest BCUT2D eigenvalue weighted by Crippen LogP contribution is -2.54. The van der Waals surface area contributed by atoms with Crippen molar-refractivity contribution in [3.8, 4) is 0 Å². The zero-order valence-electron chi connectivity index (χ0n) is 12.1. The Labute approximate surface area is 132 Å². The highest BCUT2D eigenvalue weighted by Crippen LogP contribution is 2.64. The number of fused-ring (bicyclic) bond motifs is 1. The lowest BCUT2D eigenvalue weighted by atomic mass is 9.99. The first-order valence-corrected chi connectivity index (χ1v) is 9.72. The molecule has 2 N–H and O–H groups in total. The second-order valence-corrected chi connectivity index (χ2v) is 8.37. The van der Waals surface area contributed by atoms with Gasteiger partial charge in [0.05, 0.1) is 13.2 Å². The van der Waals surface area contributed by atoms with Crippen molar-refractivity contribution in [3.63, 3.8) is 0 Å². The Morgan fingerprint density at radius 2 is 1.87 bits per heavy atom. The molecule has 2 unspecified atom stereocenters. The predicted octanol–water partition coefficient (Wildman–Crippen LogP) is 2.12. The van der Waals surface area contributed by atoms with Crippen LogP contribution in [0.4, 0.5) is 0 Å². The number of rotatable bonds is 1. The fourth-order valence-corrected chi connectivity index (χ4v) is 4.73. The van der Waals surface area contributed by atoms with Gasteiger partial charge in [0, 0.05) is 5.56 Å². The third-order valence-electron chi connectivity index (χ3n) is 3.48. The minimum absolute atomic E-state index is 0.0930. The van der Waals surface area contributed by atoms with Gasteiger partial charge in [0.25, 0.3) is 0 Å². The minimum atomic E-state index is -4.82. The fraction of sp³-hybridized carbons (Fsp3) is 0.500. The van der Waals surface area contributed by atoms with Gasteiger partial charge in [-0.15, -0.1) is 0 Å². The number of phosphoric ester groups is 2. The Bertz CT molecular complexity index is 666. The Morgan fingerprint density at radius 3 is 2.57 bits per heavy atom. The summed E-state index contributed by atoms with van der Waals surface area (Å²) < 4.78 is 48.5. The third kappa shape index (κ3) is 3.91. The lowest BCUT2D eigenvalue weighted by Gasteiger charge is -2.44. The van der Waals surface area contributed by atoms with Crippen LogP contribution >= 0.6 is 15.6 Å². The maximum atomic E-state index is 11.8. The van der Waals surface area contributed by atoms with E-state index in [0.717, 1.165) is 5.56 Å².